The van der Waals surface area contributed by atoms with Crippen molar-refractivity contribution < 1.29 is 18.7 Å². The lowest BCUT2D eigenvalue weighted by Gasteiger charge is -2.32. The van der Waals surface area contributed by atoms with Gasteiger partial charge in [-0.2, -0.15) is 0 Å². The maximum atomic E-state index is 13.3. The number of aromatic nitrogens is 1. The summed E-state index contributed by atoms with van der Waals surface area (Å²) in [5.41, 5.74) is 0.845. The maximum Gasteiger partial charge on any atom is 0.224 e. The van der Waals surface area contributed by atoms with Gasteiger partial charge in [-0.15, -0.1) is 0 Å². The van der Waals surface area contributed by atoms with Crippen LogP contribution < -0.4 is 10.1 Å². The van der Waals surface area contributed by atoms with E-state index < -0.39 is 0 Å². The molecule has 0 saturated carbocycles. The molecule has 1 atom stereocenters. The fraction of sp³-hybridized carbons (Fsp3) is 0.409. The van der Waals surface area contributed by atoms with Gasteiger partial charge in [0.2, 0.25) is 11.8 Å². The third-order valence-corrected chi connectivity index (χ3v) is 4.95. The van der Waals surface area contributed by atoms with Gasteiger partial charge in [0.15, 0.2) is 0 Å². The lowest BCUT2D eigenvalue weighted by atomic mass is 9.96. The molecule has 6 nitrogen and oxygen atoms in total. The number of hydrogen-bond acceptors (Lipinski definition) is 4. The van der Waals surface area contributed by atoms with Crippen molar-refractivity contribution in [3.63, 3.8) is 0 Å². The molecule has 1 N–H and O–H groups in total. The number of piperidine rings is 1. The molecule has 2 heterocycles. The van der Waals surface area contributed by atoms with Crippen LogP contribution in [0.5, 0.6) is 5.75 Å². The van der Waals surface area contributed by atoms with Crippen molar-refractivity contribution in [2.45, 2.75) is 25.7 Å². The number of pyridine rings is 1. The monoisotopic (exact) mass is 399 g/mol. The van der Waals surface area contributed by atoms with Gasteiger partial charge < -0.3 is 15.0 Å². The molecule has 0 aliphatic carbocycles. The van der Waals surface area contributed by atoms with E-state index in [-0.39, 0.29) is 23.5 Å². The van der Waals surface area contributed by atoms with E-state index in [1.54, 1.807) is 23.4 Å². The van der Waals surface area contributed by atoms with E-state index in [1.807, 2.05) is 18.2 Å². The van der Waals surface area contributed by atoms with Crippen LogP contribution in [-0.2, 0) is 16.0 Å². The third kappa shape index (κ3) is 6.55. The molecule has 0 unspecified atom stereocenters. The van der Waals surface area contributed by atoms with Gasteiger partial charge in [-0.25, -0.2) is 4.39 Å². The molecule has 1 aromatic heterocycles. The number of amides is 2. The van der Waals surface area contributed by atoms with E-state index in [4.69, 9.17) is 4.74 Å². The van der Waals surface area contributed by atoms with Gasteiger partial charge in [0, 0.05) is 32.3 Å². The van der Waals surface area contributed by atoms with Crippen molar-refractivity contribution in [2.24, 2.45) is 5.92 Å². The second-order valence-electron chi connectivity index (χ2n) is 7.14. The third-order valence-electron chi connectivity index (χ3n) is 4.95. The van der Waals surface area contributed by atoms with Crippen molar-refractivity contribution in [1.82, 2.24) is 15.2 Å². The van der Waals surface area contributed by atoms with Crippen molar-refractivity contribution in [3.8, 4) is 5.75 Å². The summed E-state index contributed by atoms with van der Waals surface area (Å²) in [5.74, 6) is 0.236. The molecule has 1 aliphatic heterocycles. The van der Waals surface area contributed by atoms with Crippen LogP contribution in [0.15, 0.2) is 48.8 Å². The molecule has 2 amide bonds. The second kappa shape index (κ2) is 10.5. The Balaban J connectivity index is 1.38. The molecule has 1 aliphatic rings. The highest BCUT2D eigenvalue weighted by Gasteiger charge is 2.29. The van der Waals surface area contributed by atoms with E-state index in [0.717, 1.165) is 5.56 Å². The van der Waals surface area contributed by atoms with Crippen LogP contribution >= 0.6 is 0 Å². The average Bonchev–Trinajstić information content (AvgIpc) is 2.73. The van der Waals surface area contributed by atoms with Crippen LogP contribution in [0.3, 0.4) is 0 Å². The standard InChI is InChI=1S/C22H26FN3O3/c23-19-5-1-4-17(14-19)9-12-26-16-18(7-8-21(26)27)22(28)25-11-3-13-29-20-6-2-10-24-15-20/h1-2,4-6,10,14-15,18H,3,7-9,11-13,16H2,(H,25,28)/t18-/m0/s1. The first-order chi connectivity index (χ1) is 14.1. The molecule has 2 aromatic rings. The topological polar surface area (TPSA) is 71.5 Å². The van der Waals surface area contributed by atoms with Crippen molar-refractivity contribution >= 4 is 11.8 Å². The van der Waals surface area contributed by atoms with Gasteiger partial charge in [0.25, 0.3) is 0 Å². The summed E-state index contributed by atoms with van der Waals surface area (Å²) in [6, 6.07) is 10.0. The minimum Gasteiger partial charge on any atom is -0.492 e. The molecule has 154 valence electrons. The van der Waals surface area contributed by atoms with Gasteiger partial charge in [-0.3, -0.25) is 14.6 Å². The Morgan fingerprint density at radius 3 is 3.00 bits per heavy atom. The molecule has 1 fully saturated rings. The normalized spacial score (nSPS) is 16.5. The van der Waals surface area contributed by atoms with Crippen LogP contribution in [0.4, 0.5) is 4.39 Å². The fourth-order valence-corrected chi connectivity index (χ4v) is 3.35. The lowest BCUT2D eigenvalue weighted by Crippen LogP contribution is -2.46. The molecule has 29 heavy (non-hydrogen) atoms. The first-order valence-electron chi connectivity index (χ1n) is 9.94. The fourth-order valence-electron chi connectivity index (χ4n) is 3.35. The summed E-state index contributed by atoms with van der Waals surface area (Å²) in [6.07, 6.45) is 5.53. The largest absolute Gasteiger partial charge is 0.492 e. The Bertz CT molecular complexity index is 816. The first-order valence-corrected chi connectivity index (χ1v) is 9.94. The zero-order valence-corrected chi connectivity index (χ0v) is 16.4. The van der Waals surface area contributed by atoms with Gasteiger partial charge in [-0.05, 0) is 49.1 Å². The number of nitrogens with one attached hydrogen (secondary N) is 1. The van der Waals surface area contributed by atoms with Crippen molar-refractivity contribution in [1.29, 1.82) is 0 Å². The van der Waals surface area contributed by atoms with Crippen LogP contribution in [0.2, 0.25) is 0 Å². The molecular formula is C22H26FN3O3. The molecular weight excluding hydrogens is 373 g/mol. The number of benzene rings is 1. The van der Waals surface area contributed by atoms with Crippen molar-refractivity contribution in [3.05, 3.63) is 60.2 Å². The molecule has 3 rings (SSSR count). The lowest BCUT2D eigenvalue weighted by molar-refractivity contribution is -0.138. The Labute approximate surface area is 170 Å². The number of carbonyl (C=O) groups excluding carboxylic acids is 2. The highest BCUT2D eigenvalue weighted by Crippen LogP contribution is 2.18. The highest BCUT2D eigenvalue weighted by atomic mass is 19.1. The number of halogens is 1. The van der Waals surface area contributed by atoms with Gasteiger partial charge in [0.05, 0.1) is 18.7 Å². The summed E-state index contributed by atoms with van der Waals surface area (Å²) in [6.45, 7) is 1.92. The smallest absolute Gasteiger partial charge is 0.224 e. The quantitative estimate of drug-likeness (QED) is 0.658. The number of rotatable bonds is 9. The van der Waals surface area contributed by atoms with E-state index in [1.165, 1.54) is 12.1 Å². The van der Waals surface area contributed by atoms with Gasteiger partial charge >= 0.3 is 0 Å². The Hall–Kier alpha value is -2.96. The molecule has 0 radical (unpaired) electrons. The Kier molecular flexibility index (Phi) is 7.55. The summed E-state index contributed by atoms with van der Waals surface area (Å²) >= 11 is 0. The highest BCUT2D eigenvalue weighted by molar-refractivity contribution is 5.83. The molecule has 1 aromatic carbocycles. The van der Waals surface area contributed by atoms with E-state index >= 15 is 0 Å². The predicted molar refractivity (Wildman–Crippen MR) is 107 cm³/mol. The minimum absolute atomic E-state index is 0.0327. The average molecular weight is 399 g/mol. The van der Waals surface area contributed by atoms with Crippen LogP contribution in [0.1, 0.15) is 24.8 Å². The van der Waals surface area contributed by atoms with E-state index in [2.05, 4.69) is 10.3 Å². The summed E-state index contributed by atoms with van der Waals surface area (Å²) in [4.78, 5) is 30.3. The SMILES string of the molecule is O=C(NCCCOc1cccnc1)[C@H]1CCC(=O)N(CCc2cccc(F)c2)C1. The Morgan fingerprint density at radius 2 is 2.21 bits per heavy atom. The predicted octanol–water partition coefficient (Wildman–Crippen LogP) is 2.59. The van der Waals surface area contributed by atoms with Crippen molar-refractivity contribution in [2.75, 3.05) is 26.2 Å². The molecule has 0 spiro atoms. The van der Waals surface area contributed by atoms with Gasteiger partial charge in [0.1, 0.15) is 11.6 Å². The minimum atomic E-state index is -0.280. The first kappa shape index (κ1) is 20.8. The summed E-state index contributed by atoms with van der Waals surface area (Å²) < 4.78 is 18.9. The number of hydrogen-bond donors (Lipinski definition) is 1. The Morgan fingerprint density at radius 1 is 1.31 bits per heavy atom. The second-order valence-corrected chi connectivity index (χ2v) is 7.14. The van der Waals surface area contributed by atoms with E-state index in [9.17, 15) is 14.0 Å². The maximum absolute atomic E-state index is 13.3. The zero-order chi connectivity index (χ0) is 20.5. The number of ether oxygens (including phenoxy) is 1. The van der Waals surface area contributed by atoms with E-state index in [0.29, 0.717) is 57.7 Å². The number of nitrogens with zero attached hydrogens (tertiary/aromatic N) is 2. The van der Waals surface area contributed by atoms with Crippen LogP contribution in [-0.4, -0.2) is 47.9 Å². The van der Waals surface area contributed by atoms with Crippen LogP contribution in [0.25, 0.3) is 0 Å². The zero-order valence-electron chi connectivity index (χ0n) is 16.4. The van der Waals surface area contributed by atoms with Crippen LogP contribution in [0, 0.1) is 11.7 Å². The number of likely N-dealkylation sites (tertiary alicyclic amines) is 1. The molecule has 0 bridgehead atoms. The summed E-state index contributed by atoms with van der Waals surface area (Å²) in [7, 11) is 0. The van der Waals surface area contributed by atoms with Gasteiger partial charge in [-0.1, -0.05) is 12.1 Å². The number of carbonyl (C=O) groups is 2. The molecule has 7 heteroatoms. The summed E-state index contributed by atoms with van der Waals surface area (Å²) in [5, 5.41) is 2.93. The molecule has 1 saturated heterocycles.